The summed E-state index contributed by atoms with van der Waals surface area (Å²) in [5.74, 6) is -0.0233. The first kappa shape index (κ1) is 22.7. The average Bonchev–Trinajstić information content (AvgIpc) is 2.50. The number of aliphatic carboxylic acids is 1. The van der Waals surface area contributed by atoms with Crippen LogP contribution in [0.3, 0.4) is 0 Å². The smallest absolute Gasteiger partial charge is 0.872 e. The van der Waals surface area contributed by atoms with E-state index in [0.717, 1.165) is 5.56 Å². The van der Waals surface area contributed by atoms with Crippen LogP contribution in [0.1, 0.15) is 5.56 Å². The molecule has 2 aromatic rings. The minimum Gasteiger partial charge on any atom is -0.872 e. The van der Waals surface area contributed by atoms with Crippen LogP contribution in [-0.2, 0) is 6.22 Å². The Morgan fingerprint density at radius 1 is 1.00 bits per heavy atom. The van der Waals surface area contributed by atoms with E-state index in [1.54, 1.807) is 59.0 Å². The molecule has 0 aliphatic rings. The number of rotatable bonds is 5. The number of carbonyl (C=O) groups is 1. The molecule has 0 fully saturated rings. The third-order valence-electron chi connectivity index (χ3n) is 3.04. The zero-order valence-corrected chi connectivity index (χ0v) is 21.0. The fourth-order valence-corrected chi connectivity index (χ4v) is 3.21. The Labute approximate surface area is 202 Å². The molecule has 0 amide bonds. The first-order valence-corrected chi connectivity index (χ1v) is 9.52. The zero-order chi connectivity index (χ0) is 17.3. The molecule has 0 bridgehead atoms. The summed E-state index contributed by atoms with van der Waals surface area (Å²) in [4.78, 5) is 11.4. The van der Waals surface area contributed by atoms with Gasteiger partial charge in [0.2, 0.25) is 0 Å². The van der Waals surface area contributed by atoms with Gasteiger partial charge in [-0.15, -0.1) is 5.75 Å². The van der Waals surface area contributed by atoms with E-state index in [-0.39, 0.29) is 35.3 Å². The van der Waals surface area contributed by atoms with Gasteiger partial charge in [0.15, 0.2) is 3.55 Å². The van der Waals surface area contributed by atoms with Crippen molar-refractivity contribution in [1.82, 2.24) is 0 Å². The van der Waals surface area contributed by atoms with Crippen LogP contribution in [0.5, 0.6) is 17.2 Å². The number of carboxylic acids is 1. The van der Waals surface area contributed by atoms with E-state index < -0.39 is 10.9 Å². The molecule has 0 aliphatic carbocycles. The third-order valence-corrected chi connectivity index (χ3v) is 9.33. The second kappa shape index (κ2) is 9.04. The molecule has 24 heavy (non-hydrogen) atoms. The number of carboxylic acid groups (broad SMARTS) is 1. The monoisotopic (exact) mass is 673 g/mol. The van der Waals surface area contributed by atoms with Gasteiger partial charge in [-0.05, 0) is 52.4 Å². The maximum absolute atomic E-state index is 11.4. The van der Waals surface area contributed by atoms with Crippen molar-refractivity contribution >= 4 is 73.7 Å². The van der Waals surface area contributed by atoms with Crippen molar-refractivity contribution in [1.29, 1.82) is 0 Å². The van der Waals surface area contributed by atoms with Gasteiger partial charge in [0.05, 0.1) is 0 Å². The van der Waals surface area contributed by atoms with E-state index in [0.29, 0.717) is 11.5 Å². The van der Waals surface area contributed by atoms with Gasteiger partial charge >= 0.3 is 35.5 Å². The van der Waals surface area contributed by atoms with Gasteiger partial charge in [-0.25, -0.2) is 4.79 Å². The molecule has 9 heteroatoms. The summed E-state index contributed by atoms with van der Waals surface area (Å²) < 4.78 is 3.35. The second-order valence-corrected chi connectivity index (χ2v) is 11.7. The molecule has 2 aromatic carbocycles. The number of alkyl halides is 3. The molecule has 0 saturated carbocycles. The average molecular weight is 673 g/mol. The first-order chi connectivity index (χ1) is 10.6. The fourth-order valence-electron chi connectivity index (χ4n) is 1.72. The fraction of sp³-hybridized carbons (Fsp3) is 0.133. The summed E-state index contributed by atoms with van der Waals surface area (Å²) in [6.07, 6.45) is 0. The number of nitrogens with two attached hydrogens (primary N) is 1. The SMILES string of the molecule is N[C@@](I)(C(=O)O)C(I)(I)c1ccc(Oc2ccc([O-])cc2)cc1.[Na+]. The van der Waals surface area contributed by atoms with Crippen molar-refractivity contribution in [2.75, 3.05) is 0 Å². The number of ether oxygens (including phenoxy) is 1. The summed E-state index contributed by atoms with van der Waals surface area (Å²) in [5.41, 5.74) is 6.72. The van der Waals surface area contributed by atoms with Crippen molar-refractivity contribution < 1.29 is 49.3 Å². The van der Waals surface area contributed by atoms with E-state index in [9.17, 15) is 15.0 Å². The standard InChI is InChI=1S/C15H12I3NO4.Na/c16-14(17,15(18,19)13(21)22)9-1-5-11(6-2-9)23-12-7-3-10(20)4-8-12;/h1-8,20H,19H2,(H,21,22);/q;+1/p-1/t15-;/m0./s1. The van der Waals surface area contributed by atoms with Crippen LogP contribution in [0.4, 0.5) is 0 Å². The van der Waals surface area contributed by atoms with Gasteiger partial charge in [0.1, 0.15) is 12.9 Å². The van der Waals surface area contributed by atoms with Gasteiger partial charge < -0.3 is 20.7 Å². The predicted octanol–water partition coefficient (Wildman–Crippen LogP) is 0.754. The Morgan fingerprint density at radius 2 is 1.42 bits per heavy atom. The van der Waals surface area contributed by atoms with Gasteiger partial charge in [-0.3, -0.25) is 0 Å². The number of hydrogen-bond donors (Lipinski definition) is 2. The molecule has 0 saturated heterocycles. The summed E-state index contributed by atoms with van der Waals surface area (Å²) in [6, 6.07) is 13.1. The summed E-state index contributed by atoms with van der Waals surface area (Å²) >= 11 is 5.82. The van der Waals surface area contributed by atoms with Gasteiger partial charge in [0, 0.05) is 0 Å². The Morgan fingerprint density at radius 3 is 1.83 bits per heavy atom. The van der Waals surface area contributed by atoms with Crippen molar-refractivity contribution in [3.63, 3.8) is 0 Å². The topological polar surface area (TPSA) is 95.6 Å². The summed E-state index contributed by atoms with van der Waals surface area (Å²) in [5, 5.41) is 20.4. The molecule has 2 rings (SSSR count). The van der Waals surface area contributed by atoms with Crippen molar-refractivity contribution in [2.24, 2.45) is 5.73 Å². The normalized spacial score (nSPS) is 13.5. The predicted molar refractivity (Wildman–Crippen MR) is 111 cm³/mol. The van der Waals surface area contributed by atoms with Crippen LogP contribution in [-0.4, -0.2) is 14.6 Å². The van der Waals surface area contributed by atoms with Crippen molar-refractivity contribution in [3.8, 4) is 17.2 Å². The van der Waals surface area contributed by atoms with Crippen molar-refractivity contribution in [3.05, 3.63) is 54.1 Å². The van der Waals surface area contributed by atoms with E-state index in [1.165, 1.54) is 12.1 Å². The maximum Gasteiger partial charge on any atom is 1.00 e. The Balaban J connectivity index is 0.00000288. The Bertz CT molecular complexity index is 706. The molecule has 3 N–H and O–H groups in total. The molecule has 122 valence electrons. The molecule has 0 heterocycles. The zero-order valence-electron chi connectivity index (χ0n) is 12.5. The molecule has 0 radical (unpaired) electrons. The number of halogens is 3. The van der Waals surface area contributed by atoms with Crippen LogP contribution in [0.15, 0.2) is 48.5 Å². The number of hydrogen-bond acceptors (Lipinski definition) is 4. The van der Waals surface area contributed by atoms with Crippen LogP contribution in [0, 0.1) is 0 Å². The minimum atomic E-state index is -1.46. The summed E-state index contributed by atoms with van der Waals surface area (Å²) in [6.45, 7) is 0. The quantitative estimate of drug-likeness (QED) is 0.212. The third kappa shape index (κ3) is 5.10. The molecular formula is C15H11I3NNaO4. The molecule has 0 unspecified atom stereocenters. The minimum absolute atomic E-state index is 0. The first-order valence-electron chi connectivity index (χ1n) is 6.29. The van der Waals surface area contributed by atoms with Crippen LogP contribution in [0.2, 0.25) is 0 Å². The molecule has 0 aliphatic heterocycles. The number of benzene rings is 2. The van der Waals surface area contributed by atoms with Gasteiger partial charge in [0.25, 0.3) is 0 Å². The van der Waals surface area contributed by atoms with Crippen LogP contribution in [0.25, 0.3) is 0 Å². The van der Waals surface area contributed by atoms with Crippen molar-refractivity contribution in [2.45, 2.75) is 4.97 Å². The van der Waals surface area contributed by atoms with Crippen LogP contribution < -0.4 is 45.1 Å². The largest absolute Gasteiger partial charge is 1.00 e. The van der Waals surface area contributed by atoms with E-state index in [4.69, 9.17) is 10.5 Å². The van der Waals surface area contributed by atoms with Gasteiger partial charge in [-0.1, -0.05) is 69.4 Å². The Kier molecular flexibility index (Phi) is 8.55. The van der Waals surface area contributed by atoms with Crippen LogP contribution >= 0.6 is 67.8 Å². The maximum atomic E-state index is 11.4. The molecule has 0 spiro atoms. The van der Waals surface area contributed by atoms with E-state index >= 15 is 0 Å². The van der Waals surface area contributed by atoms with Gasteiger partial charge in [-0.2, -0.15) is 0 Å². The molecule has 5 nitrogen and oxygen atoms in total. The summed E-state index contributed by atoms with van der Waals surface area (Å²) in [7, 11) is 0. The van der Waals surface area contributed by atoms with E-state index in [1.807, 2.05) is 45.2 Å². The molecule has 1 atom stereocenters. The molecule has 0 aromatic heterocycles. The van der Waals surface area contributed by atoms with E-state index in [2.05, 4.69) is 0 Å². The second-order valence-electron chi connectivity index (χ2n) is 4.69. The Hall–Kier alpha value is 0.660. The molecular weight excluding hydrogens is 662 g/mol.